The molecule has 3 aromatic carbocycles. The number of carbonyl (C=O) groups excluding carboxylic acids is 2. The smallest absolute Gasteiger partial charge is 0.243 e. The molecule has 5 heteroatoms. The van der Waals surface area contributed by atoms with E-state index in [-0.39, 0.29) is 18.2 Å². The molecular formula is C30H35ClN2O2. The number of amides is 2. The predicted octanol–water partition coefficient (Wildman–Crippen LogP) is 6.14. The highest BCUT2D eigenvalue weighted by Gasteiger charge is 2.30. The molecule has 0 spiro atoms. The molecule has 0 heterocycles. The predicted molar refractivity (Wildman–Crippen MR) is 143 cm³/mol. The first kappa shape index (κ1) is 26.5. The van der Waals surface area contributed by atoms with Crippen molar-refractivity contribution in [1.82, 2.24) is 10.2 Å². The van der Waals surface area contributed by atoms with E-state index in [1.54, 1.807) is 4.90 Å². The van der Waals surface area contributed by atoms with Crippen LogP contribution in [0.3, 0.4) is 0 Å². The molecule has 3 rings (SSSR count). The number of benzene rings is 3. The lowest BCUT2D eigenvalue weighted by atomic mass is 10.0. The molecule has 1 N–H and O–H groups in total. The lowest BCUT2D eigenvalue weighted by Crippen LogP contribution is -2.50. The minimum atomic E-state index is -0.604. The molecule has 3 aromatic rings. The summed E-state index contributed by atoms with van der Waals surface area (Å²) in [4.78, 5) is 28.9. The van der Waals surface area contributed by atoms with E-state index in [2.05, 4.69) is 12.2 Å². The Kier molecular flexibility index (Phi) is 10.4. The van der Waals surface area contributed by atoms with Crippen LogP contribution in [0.2, 0.25) is 5.02 Å². The lowest BCUT2D eigenvalue weighted by molar-refractivity contribution is -0.141. The summed E-state index contributed by atoms with van der Waals surface area (Å²) in [7, 11) is 0. The van der Waals surface area contributed by atoms with Crippen molar-refractivity contribution >= 4 is 23.4 Å². The van der Waals surface area contributed by atoms with Gasteiger partial charge < -0.3 is 10.2 Å². The Labute approximate surface area is 214 Å². The van der Waals surface area contributed by atoms with E-state index in [4.69, 9.17) is 11.6 Å². The number of carbonyl (C=O) groups is 2. The molecule has 0 saturated carbocycles. The van der Waals surface area contributed by atoms with Crippen LogP contribution in [0.15, 0.2) is 78.9 Å². The van der Waals surface area contributed by atoms with Gasteiger partial charge in [-0.3, -0.25) is 9.59 Å². The number of halogens is 1. The summed E-state index contributed by atoms with van der Waals surface area (Å²) < 4.78 is 0. The first-order valence-corrected chi connectivity index (χ1v) is 12.8. The molecule has 35 heavy (non-hydrogen) atoms. The van der Waals surface area contributed by atoms with Crippen LogP contribution in [0.5, 0.6) is 0 Å². The van der Waals surface area contributed by atoms with Crippen LogP contribution in [0, 0.1) is 6.92 Å². The molecule has 0 fully saturated rings. The van der Waals surface area contributed by atoms with Crippen LogP contribution < -0.4 is 5.32 Å². The molecule has 0 aliphatic rings. The molecular weight excluding hydrogens is 456 g/mol. The highest BCUT2D eigenvalue weighted by Crippen LogP contribution is 2.21. The van der Waals surface area contributed by atoms with Crippen LogP contribution in [0.25, 0.3) is 0 Å². The van der Waals surface area contributed by atoms with Crippen molar-refractivity contribution in [3.05, 3.63) is 106 Å². The van der Waals surface area contributed by atoms with Crippen molar-refractivity contribution in [2.45, 2.75) is 58.5 Å². The molecule has 0 radical (unpaired) electrons. The molecule has 0 saturated heterocycles. The molecule has 184 valence electrons. The summed E-state index contributed by atoms with van der Waals surface area (Å²) in [6, 6.07) is 24.9. The molecule has 4 nitrogen and oxygen atoms in total. The van der Waals surface area contributed by atoms with Crippen molar-refractivity contribution in [3.63, 3.8) is 0 Å². The van der Waals surface area contributed by atoms with Gasteiger partial charge in [-0.1, -0.05) is 97.7 Å². The zero-order valence-electron chi connectivity index (χ0n) is 20.7. The van der Waals surface area contributed by atoms with Gasteiger partial charge in [0.1, 0.15) is 6.04 Å². The second-order valence-electron chi connectivity index (χ2n) is 8.89. The second kappa shape index (κ2) is 13.7. The van der Waals surface area contributed by atoms with Gasteiger partial charge in [-0.25, -0.2) is 0 Å². The summed E-state index contributed by atoms with van der Waals surface area (Å²) in [5, 5.41) is 3.73. The first-order chi connectivity index (χ1) is 17.0. The quantitative estimate of drug-likeness (QED) is 0.310. The lowest BCUT2D eigenvalue weighted by Gasteiger charge is -2.32. The molecule has 0 aliphatic heterocycles. The van der Waals surface area contributed by atoms with Crippen LogP contribution in [0.1, 0.15) is 48.4 Å². The first-order valence-electron chi connectivity index (χ1n) is 12.4. The van der Waals surface area contributed by atoms with Crippen molar-refractivity contribution in [2.24, 2.45) is 0 Å². The maximum Gasteiger partial charge on any atom is 0.243 e. The number of nitrogens with zero attached hydrogens (tertiary/aromatic N) is 1. The Balaban J connectivity index is 1.90. The molecule has 1 atom stereocenters. The van der Waals surface area contributed by atoms with Crippen LogP contribution >= 0.6 is 11.6 Å². The average Bonchev–Trinajstić information content (AvgIpc) is 2.87. The van der Waals surface area contributed by atoms with Gasteiger partial charge in [-0.2, -0.15) is 0 Å². The number of hydrogen-bond donors (Lipinski definition) is 1. The Hall–Kier alpha value is -3.11. The normalized spacial score (nSPS) is 11.6. The molecule has 2 amide bonds. The second-order valence-corrected chi connectivity index (χ2v) is 9.30. The van der Waals surface area contributed by atoms with E-state index in [1.165, 1.54) is 0 Å². The summed E-state index contributed by atoms with van der Waals surface area (Å²) in [6.45, 7) is 5.12. The molecule has 0 aromatic heterocycles. The fraction of sp³-hybridized carbons (Fsp3) is 0.333. The number of unbranched alkanes of at least 4 members (excludes halogenated alkanes) is 1. The van der Waals surface area contributed by atoms with Crippen molar-refractivity contribution in [1.29, 1.82) is 0 Å². The summed E-state index contributed by atoms with van der Waals surface area (Å²) in [6.07, 6.45) is 3.17. The van der Waals surface area contributed by atoms with Gasteiger partial charge in [-0.05, 0) is 48.1 Å². The maximum atomic E-state index is 13.7. The van der Waals surface area contributed by atoms with Crippen molar-refractivity contribution in [2.75, 3.05) is 6.54 Å². The van der Waals surface area contributed by atoms with Crippen LogP contribution in [-0.2, 0) is 29.0 Å². The Morgan fingerprint density at radius 1 is 0.914 bits per heavy atom. The fourth-order valence-electron chi connectivity index (χ4n) is 4.12. The monoisotopic (exact) mass is 490 g/mol. The third kappa shape index (κ3) is 7.97. The maximum absolute atomic E-state index is 13.7. The van der Waals surface area contributed by atoms with Crippen molar-refractivity contribution < 1.29 is 9.59 Å². The van der Waals surface area contributed by atoms with Gasteiger partial charge in [0.25, 0.3) is 0 Å². The standard InChI is InChI=1S/C30H35ClN2O2/c1-3-4-20-32-30(35)28(21-24-13-6-5-7-14-24)33(22-26-16-9-8-12-23(26)2)29(34)19-18-25-15-10-11-17-27(25)31/h5-17,28H,3-4,18-22H2,1-2H3,(H,32,35). The van der Waals surface area contributed by atoms with Gasteiger partial charge in [0.15, 0.2) is 0 Å². The van der Waals surface area contributed by atoms with E-state index < -0.39 is 6.04 Å². The van der Waals surface area contributed by atoms with E-state index in [1.807, 2.05) is 85.8 Å². The van der Waals surface area contributed by atoms with Gasteiger partial charge in [0.2, 0.25) is 11.8 Å². The Morgan fingerprint density at radius 3 is 2.26 bits per heavy atom. The minimum absolute atomic E-state index is 0.0558. The van der Waals surface area contributed by atoms with E-state index >= 15 is 0 Å². The average molecular weight is 491 g/mol. The van der Waals surface area contributed by atoms with Gasteiger partial charge in [-0.15, -0.1) is 0 Å². The summed E-state index contributed by atoms with van der Waals surface area (Å²) in [5.74, 6) is -0.165. The highest BCUT2D eigenvalue weighted by molar-refractivity contribution is 6.31. The van der Waals surface area contributed by atoms with Crippen LogP contribution in [-0.4, -0.2) is 29.3 Å². The molecule has 0 bridgehead atoms. The van der Waals surface area contributed by atoms with E-state index in [0.717, 1.165) is 35.1 Å². The third-order valence-electron chi connectivity index (χ3n) is 6.27. The molecule has 0 aliphatic carbocycles. The minimum Gasteiger partial charge on any atom is -0.354 e. The fourth-order valence-corrected chi connectivity index (χ4v) is 4.35. The highest BCUT2D eigenvalue weighted by atomic mass is 35.5. The topological polar surface area (TPSA) is 49.4 Å². The SMILES string of the molecule is CCCCNC(=O)C(Cc1ccccc1)N(Cc1ccccc1C)C(=O)CCc1ccccc1Cl. The van der Waals surface area contributed by atoms with E-state index in [0.29, 0.717) is 31.0 Å². The van der Waals surface area contributed by atoms with E-state index in [9.17, 15) is 9.59 Å². The number of rotatable bonds is 12. The number of nitrogens with one attached hydrogen (secondary N) is 1. The Morgan fingerprint density at radius 2 is 1.57 bits per heavy atom. The third-order valence-corrected chi connectivity index (χ3v) is 6.64. The Bertz CT molecular complexity index is 1100. The zero-order valence-corrected chi connectivity index (χ0v) is 21.4. The van der Waals surface area contributed by atoms with Gasteiger partial charge in [0, 0.05) is 31.0 Å². The number of aryl methyl sites for hydroxylation is 2. The zero-order chi connectivity index (χ0) is 25.0. The van der Waals surface area contributed by atoms with Gasteiger partial charge in [0.05, 0.1) is 0 Å². The van der Waals surface area contributed by atoms with Gasteiger partial charge >= 0.3 is 0 Å². The van der Waals surface area contributed by atoms with Crippen molar-refractivity contribution in [3.8, 4) is 0 Å². The summed E-state index contributed by atoms with van der Waals surface area (Å²) in [5.41, 5.74) is 4.10. The number of hydrogen-bond acceptors (Lipinski definition) is 2. The van der Waals surface area contributed by atoms with Crippen LogP contribution in [0.4, 0.5) is 0 Å². The molecule has 1 unspecified atom stereocenters. The largest absolute Gasteiger partial charge is 0.354 e. The summed E-state index contributed by atoms with van der Waals surface area (Å²) >= 11 is 6.34.